The van der Waals surface area contributed by atoms with E-state index in [0.29, 0.717) is 24.9 Å². The number of nitrogens with one attached hydrogen (secondary N) is 2. The van der Waals surface area contributed by atoms with E-state index >= 15 is 0 Å². The first kappa shape index (κ1) is 23.6. The van der Waals surface area contributed by atoms with Crippen LogP contribution in [0.2, 0.25) is 0 Å². The van der Waals surface area contributed by atoms with Gasteiger partial charge in [-0.1, -0.05) is 24.3 Å². The highest BCUT2D eigenvalue weighted by Crippen LogP contribution is 2.27. The molecule has 8 heteroatoms. The molecule has 3 aromatic rings. The monoisotopic (exact) mass is 451 g/mol. The van der Waals surface area contributed by atoms with Crippen LogP contribution < -0.4 is 15.5 Å². The van der Waals surface area contributed by atoms with Crippen molar-refractivity contribution in [3.63, 3.8) is 0 Å². The van der Waals surface area contributed by atoms with E-state index in [0.717, 1.165) is 21.7 Å². The van der Waals surface area contributed by atoms with Crippen molar-refractivity contribution in [1.82, 2.24) is 15.3 Å². The zero-order chi connectivity index (χ0) is 22.9. The average molecular weight is 452 g/mol. The predicted octanol–water partition coefficient (Wildman–Crippen LogP) is 5.00. The first-order valence-electron chi connectivity index (χ1n) is 10.4. The Morgan fingerprint density at radius 3 is 2.59 bits per heavy atom. The van der Waals surface area contributed by atoms with Crippen molar-refractivity contribution < 1.29 is 9.53 Å². The van der Waals surface area contributed by atoms with Crippen LogP contribution >= 0.6 is 11.8 Å². The Kier molecular flexibility index (Phi) is 8.47. The minimum absolute atomic E-state index is 0.0273. The number of carbonyl (C=O) groups excluding carboxylic acids is 1. The highest BCUT2D eigenvalue weighted by molar-refractivity contribution is 7.98. The number of thioether (sulfide) groups is 1. The maximum atomic E-state index is 13.3. The van der Waals surface area contributed by atoms with Crippen molar-refractivity contribution in [1.29, 1.82) is 0 Å². The van der Waals surface area contributed by atoms with Crippen molar-refractivity contribution in [2.45, 2.75) is 31.3 Å². The van der Waals surface area contributed by atoms with Gasteiger partial charge in [0.15, 0.2) is 0 Å². The number of hydrogen-bond acceptors (Lipinski definition) is 6. The third-order valence-corrected chi connectivity index (χ3v) is 5.63. The number of carbonyl (C=O) groups is 1. The summed E-state index contributed by atoms with van der Waals surface area (Å²) in [4.78, 5) is 24.9. The summed E-state index contributed by atoms with van der Waals surface area (Å²) in [5, 5.41) is 6.23. The normalized spacial score (nSPS) is 11.6. The number of amides is 2. The van der Waals surface area contributed by atoms with Gasteiger partial charge >= 0.3 is 6.03 Å². The van der Waals surface area contributed by atoms with Crippen LogP contribution in [-0.4, -0.2) is 42.0 Å². The molecule has 0 aliphatic carbocycles. The molecule has 2 N–H and O–H groups in total. The molecule has 0 fully saturated rings. The van der Waals surface area contributed by atoms with E-state index in [-0.39, 0.29) is 12.1 Å². The Labute approximate surface area is 193 Å². The molecular formula is C24H29N5O2S. The van der Waals surface area contributed by atoms with Gasteiger partial charge in [0.25, 0.3) is 0 Å². The van der Waals surface area contributed by atoms with Crippen molar-refractivity contribution >= 4 is 35.2 Å². The summed E-state index contributed by atoms with van der Waals surface area (Å²) in [6, 6.07) is 17.3. The van der Waals surface area contributed by atoms with E-state index in [9.17, 15) is 4.79 Å². The van der Waals surface area contributed by atoms with Gasteiger partial charge in [-0.3, -0.25) is 0 Å². The summed E-state index contributed by atoms with van der Waals surface area (Å²) in [7, 11) is 1.65. The fraction of sp³-hybridized carbons (Fsp3) is 0.292. The third kappa shape index (κ3) is 6.21. The number of hydrogen-bond donors (Lipinski definition) is 2. The smallest absolute Gasteiger partial charge is 0.327 e. The van der Waals surface area contributed by atoms with Gasteiger partial charge in [0.05, 0.1) is 12.3 Å². The minimum atomic E-state index is -0.264. The summed E-state index contributed by atoms with van der Waals surface area (Å²) in [6.45, 7) is 4.95. The molecule has 0 bridgehead atoms. The van der Waals surface area contributed by atoms with E-state index in [1.54, 1.807) is 36.0 Å². The molecule has 0 aliphatic heterocycles. The van der Waals surface area contributed by atoms with E-state index in [4.69, 9.17) is 4.74 Å². The Morgan fingerprint density at radius 2 is 1.91 bits per heavy atom. The molecule has 0 aliphatic rings. The quantitative estimate of drug-likeness (QED) is 0.446. The van der Waals surface area contributed by atoms with Gasteiger partial charge in [-0.2, -0.15) is 4.98 Å². The van der Waals surface area contributed by atoms with Crippen molar-refractivity contribution in [3.05, 3.63) is 71.9 Å². The molecule has 7 nitrogen and oxygen atoms in total. The Bertz CT molecular complexity index is 1030. The maximum absolute atomic E-state index is 13.3. The topological polar surface area (TPSA) is 79.4 Å². The van der Waals surface area contributed by atoms with Crippen LogP contribution in [0, 0.1) is 6.92 Å². The fourth-order valence-electron chi connectivity index (χ4n) is 3.20. The molecule has 2 aromatic carbocycles. The largest absolute Gasteiger partial charge is 0.383 e. The fourth-order valence-corrected chi connectivity index (χ4v) is 3.61. The van der Waals surface area contributed by atoms with E-state index in [1.807, 2.05) is 68.6 Å². The Morgan fingerprint density at radius 1 is 1.16 bits per heavy atom. The number of nitrogens with zero attached hydrogens (tertiary/aromatic N) is 3. The van der Waals surface area contributed by atoms with Crippen molar-refractivity contribution in [2.24, 2.45) is 0 Å². The first-order valence-corrected chi connectivity index (χ1v) is 11.6. The second-order valence-corrected chi connectivity index (χ2v) is 8.24. The summed E-state index contributed by atoms with van der Waals surface area (Å²) in [6.07, 6.45) is 3.66. The maximum Gasteiger partial charge on any atom is 0.327 e. The number of rotatable bonds is 9. The molecule has 0 spiro atoms. The molecule has 0 unspecified atom stereocenters. The SMILES string of the molecule is COC[C@H](C)Nc1nccc(N(C(=O)NCc2ccccc2C)c2ccc(SC)cc2)n1. The summed E-state index contributed by atoms with van der Waals surface area (Å²) < 4.78 is 5.17. The van der Waals surface area contributed by atoms with Crippen LogP contribution in [0.5, 0.6) is 0 Å². The zero-order valence-corrected chi connectivity index (χ0v) is 19.6. The second kappa shape index (κ2) is 11.5. The van der Waals surface area contributed by atoms with Gasteiger partial charge in [-0.05, 0) is 55.5 Å². The standard InChI is InChI=1S/C24H29N5O2S/c1-17-7-5-6-8-19(17)15-26-24(30)29(20-9-11-21(32-4)12-10-20)22-13-14-25-23(28-22)27-18(2)16-31-3/h5-14,18H,15-16H2,1-4H3,(H,26,30)(H,25,27,28)/t18-/m0/s1. The summed E-state index contributed by atoms with van der Waals surface area (Å²) in [5.41, 5.74) is 2.92. The van der Waals surface area contributed by atoms with Crippen LogP contribution in [-0.2, 0) is 11.3 Å². The van der Waals surface area contributed by atoms with Crippen LogP contribution in [0.15, 0.2) is 65.7 Å². The Balaban J connectivity index is 1.88. The molecule has 0 saturated carbocycles. The van der Waals surface area contributed by atoms with Gasteiger partial charge in [-0.15, -0.1) is 11.8 Å². The lowest BCUT2D eigenvalue weighted by atomic mass is 10.1. The molecule has 32 heavy (non-hydrogen) atoms. The molecular weight excluding hydrogens is 422 g/mol. The summed E-state index contributed by atoms with van der Waals surface area (Å²) >= 11 is 1.65. The number of benzene rings is 2. The molecule has 0 saturated heterocycles. The second-order valence-electron chi connectivity index (χ2n) is 7.36. The summed E-state index contributed by atoms with van der Waals surface area (Å²) in [5.74, 6) is 0.913. The van der Waals surface area contributed by atoms with Gasteiger partial charge < -0.3 is 15.4 Å². The molecule has 2 amide bonds. The average Bonchev–Trinajstić information content (AvgIpc) is 2.79. The van der Waals surface area contributed by atoms with Crippen molar-refractivity contribution in [2.75, 3.05) is 30.2 Å². The van der Waals surface area contributed by atoms with Crippen LogP contribution in [0.4, 0.5) is 22.2 Å². The lowest BCUT2D eigenvalue weighted by Crippen LogP contribution is -2.37. The van der Waals surface area contributed by atoms with Gasteiger partial charge in [0.1, 0.15) is 5.82 Å². The van der Waals surface area contributed by atoms with Gasteiger partial charge in [0, 0.05) is 36.9 Å². The third-order valence-electron chi connectivity index (χ3n) is 4.89. The van der Waals surface area contributed by atoms with Gasteiger partial charge in [-0.25, -0.2) is 14.7 Å². The molecule has 1 aromatic heterocycles. The highest BCUT2D eigenvalue weighted by Gasteiger charge is 2.20. The number of anilines is 3. The Hall–Kier alpha value is -3.10. The van der Waals surface area contributed by atoms with Gasteiger partial charge in [0.2, 0.25) is 5.95 Å². The van der Waals surface area contributed by atoms with Crippen LogP contribution in [0.3, 0.4) is 0 Å². The predicted molar refractivity (Wildman–Crippen MR) is 131 cm³/mol. The zero-order valence-electron chi connectivity index (χ0n) is 18.8. The van der Waals surface area contributed by atoms with E-state index in [2.05, 4.69) is 20.6 Å². The molecule has 1 atom stereocenters. The van der Waals surface area contributed by atoms with Crippen molar-refractivity contribution in [3.8, 4) is 0 Å². The van der Waals surface area contributed by atoms with Crippen LogP contribution in [0.25, 0.3) is 0 Å². The molecule has 0 radical (unpaired) electrons. The molecule has 168 valence electrons. The molecule has 1 heterocycles. The number of urea groups is 1. The number of aromatic nitrogens is 2. The minimum Gasteiger partial charge on any atom is -0.383 e. The number of ether oxygens (including phenoxy) is 1. The van der Waals surface area contributed by atoms with E-state index < -0.39 is 0 Å². The van der Waals surface area contributed by atoms with E-state index in [1.165, 1.54) is 0 Å². The lowest BCUT2D eigenvalue weighted by molar-refractivity contribution is 0.190. The number of aryl methyl sites for hydroxylation is 1. The molecule has 3 rings (SSSR count). The lowest BCUT2D eigenvalue weighted by Gasteiger charge is -2.23. The first-order chi connectivity index (χ1) is 15.5. The highest BCUT2D eigenvalue weighted by atomic mass is 32.2. The number of methoxy groups -OCH3 is 1. The van der Waals surface area contributed by atoms with Crippen LogP contribution in [0.1, 0.15) is 18.1 Å².